The van der Waals surface area contributed by atoms with Crippen molar-refractivity contribution in [2.45, 2.75) is 11.8 Å². The van der Waals surface area contributed by atoms with Gasteiger partial charge >= 0.3 is 0 Å². The molecule has 2 aromatic rings. The normalized spacial score (nSPS) is 11.3. The highest BCUT2D eigenvalue weighted by Gasteiger charge is 2.17. The number of nitrogen functional groups attached to an aromatic ring is 1. The molecule has 0 saturated carbocycles. The number of hydrogen-bond donors (Lipinski definition) is 2. The molecule has 2 aromatic carbocycles. The van der Waals surface area contributed by atoms with E-state index in [-0.39, 0.29) is 16.3 Å². The van der Waals surface area contributed by atoms with E-state index in [0.29, 0.717) is 5.56 Å². The van der Waals surface area contributed by atoms with Crippen molar-refractivity contribution in [2.24, 2.45) is 0 Å². The summed E-state index contributed by atoms with van der Waals surface area (Å²) in [7, 11) is -4.11. The maximum Gasteiger partial charge on any atom is 0.262 e. The molecule has 3 N–H and O–H groups in total. The molecule has 0 bridgehead atoms. The third-order valence-corrected chi connectivity index (χ3v) is 3.92. The van der Waals surface area contributed by atoms with Crippen LogP contribution in [0.2, 0.25) is 0 Å². The van der Waals surface area contributed by atoms with Crippen LogP contribution in [0.3, 0.4) is 0 Å². The van der Waals surface area contributed by atoms with Crippen LogP contribution in [0.15, 0.2) is 41.3 Å². The number of hydrogen-bond acceptors (Lipinski definition) is 3. The minimum Gasteiger partial charge on any atom is -0.399 e. The van der Waals surface area contributed by atoms with Crippen LogP contribution in [-0.2, 0) is 10.0 Å². The second-order valence-electron chi connectivity index (χ2n) is 4.31. The van der Waals surface area contributed by atoms with Crippen LogP contribution >= 0.6 is 0 Å². The third kappa shape index (κ3) is 3.05. The Bertz CT molecular complexity index is 741. The van der Waals surface area contributed by atoms with Gasteiger partial charge in [-0.05, 0) is 42.8 Å². The summed E-state index contributed by atoms with van der Waals surface area (Å²) in [6.07, 6.45) is 0. The molecule has 0 aliphatic carbocycles. The molecule has 2 rings (SSSR count). The fourth-order valence-corrected chi connectivity index (χ4v) is 2.78. The molecule has 0 spiro atoms. The lowest BCUT2D eigenvalue weighted by Gasteiger charge is -2.10. The molecule has 0 aliphatic heterocycles. The Balaban J connectivity index is 2.43. The van der Waals surface area contributed by atoms with Crippen LogP contribution in [0.4, 0.5) is 20.2 Å². The number of aryl methyl sites for hydroxylation is 1. The zero-order valence-electron chi connectivity index (χ0n) is 10.5. The van der Waals surface area contributed by atoms with Crippen LogP contribution in [0.25, 0.3) is 0 Å². The molecule has 0 aromatic heterocycles. The fraction of sp³-hybridized carbons (Fsp3) is 0.0769. The summed E-state index contributed by atoms with van der Waals surface area (Å²) in [5.74, 6) is -1.50. The van der Waals surface area contributed by atoms with E-state index < -0.39 is 21.7 Å². The van der Waals surface area contributed by atoms with E-state index in [0.717, 1.165) is 24.3 Å². The first-order valence-electron chi connectivity index (χ1n) is 5.63. The van der Waals surface area contributed by atoms with Gasteiger partial charge in [-0.15, -0.1) is 0 Å². The molecule has 0 saturated heterocycles. The first-order chi connectivity index (χ1) is 9.28. The quantitative estimate of drug-likeness (QED) is 0.856. The predicted molar refractivity (Wildman–Crippen MR) is 72.8 cm³/mol. The Morgan fingerprint density at radius 2 is 1.80 bits per heavy atom. The van der Waals surface area contributed by atoms with Crippen LogP contribution < -0.4 is 10.5 Å². The first kappa shape index (κ1) is 14.3. The van der Waals surface area contributed by atoms with E-state index in [1.165, 1.54) is 12.1 Å². The highest BCUT2D eigenvalue weighted by Crippen LogP contribution is 2.22. The third-order valence-electron chi connectivity index (χ3n) is 2.57. The van der Waals surface area contributed by atoms with Gasteiger partial charge in [-0.25, -0.2) is 17.2 Å². The minimum atomic E-state index is -4.11. The summed E-state index contributed by atoms with van der Waals surface area (Å²) in [4.78, 5) is -0.365. The van der Waals surface area contributed by atoms with Gasteiger partial charge in [-0.2, -0.15) is 0 Å². The van der Waals surface area contributed by atoms with Crippen LogP contribution in [0.5, 0.6) is 0 Å². The number of nitrogens with two attached hydrogens (primary N) is 1. The number of nitrogens with one attached hydrogen (secondary N) is 1. The van der Waals surface area contributed by atoms with Crippen molar-refractivity contribution in [1.82, 2.24) is 0 Å². The summed E-state index contributed by atoms with van der Waals surface area (Å²) in [6, 6.07) is 6.90. The highest BCUT2D eigenvalue weighted by atomic mass is 32.2. The van der Waals surface area contributed by atoms with Gasteiger partial charge in [-0.1, -0.05) is 6.07 Å². The van der Waals surface area contributed by atoms with Gasteiger partial charge in [0.25, 0.3) is 10.0 Å². The number of rotatable bonds is 3. The molecule has 0 fully saturated rings. The number of sulfonamides is 1. The summed E-state index contributed by atoms with van der Waals surface area (Å²) < 4.78 is 53.0. The molecule has 4 nitrogen and oxygen atoms in total. The zero-order valence-corrected chi connectivity index (χ0v) is 11.3. The van der Waals surface area contributed by atoms with Crippen molar-refractivity contribution in [1.29, 1.82) is 0 Å². The Morgan fingerprint density at radius 3 is 2.45 bits per heavy atom. The number of halogens is 2. The van der Waals surface area contributed by atoms with E-state index in [4.69, 9.17) is 5.73 Å². The summed E-state index contributed by atoms with van der Waals surface area (Å²) in [6.45, 7) is 1.69. The Kier molecular flexibility index (Phi) is 3.63. The van der Waals surface area contributed by atoms with Gasteiger partial charge in [0, 0.05) is 5.69 Å². The molecule has 0 heterocycles. The summed E-state index contributed by atoms with van der Waals surface area (Å²) in [5.41, 5.74) is 5.85. The minimum absolute atomic E-state index is 0.0323. The molecular formula is C13H12F2N2O2S. The maximum atomic E-state index is 13.5. The second kappa shape index (κ2) is 5.09. The van der Waals surface area contributed by atoms with E-state index in [2.05, 4.69) is 4.72 Å². The van der Waals surface area contributed by atoms with Gasteiger partial charge in [0.2, 0.25) is 0 Å². The van der Waals surface area contributed by atoms with Crippen molar-refractivity contribution in [3.8, 4) is 0 Å². The Labute approximate surface area is 115 Å². The van der Waals surface area contributed by atoms with E-state index >= 15 is 0 Å². The highest BCUT2D eigenvalue weighted by molar-refractivity contribution is 7.92. The molecular weight excluding hydrogens is 286 g/mol. The van der Waals surface area contributed by atoms with Crippen molar-refractivity contribution in [3.63, 3.8) is 0 Å². The lowest BCUT2D eigenvalue weighted by molar-refractivity contribution is 0.593. The average molecular weight is 298 g/mol. The average Bonchev–Trinajstić information content (AvgIpc) is 2.32. The zero-order chi connectivity index (χ0) is 14.9. The largest absolute Gasteiger partial charge is 0.399 e. The monoisotopic (exact) mass is 298 g/mol. The molecule has 106 valence electrons. The summed E-state index contributed by atoms with van der Waals surface area (Å²) >= 11 is 0. The van der Waals surface area contributed by atoms with Crippen LogP contribution in [-0.4, -0.2) is 8.42 Å². The first-order valence-corrected chi connectivity index (χ1v) is 7.11. The standard InChI is InChI=1S/C13H12F2N2O2S/c1-8-2-3-12(15)13(4-8)17-20(18,19)11-6-9(14)5-10(16)7-11/h2-7,17H,16H2,1H3. The van der Waals surface area contributed by atoms with E-state index in [1.807, 2.05) is 0 Å². The molecule has 20 heavy (non-hydrogen) atoms. The molecule has 0 amide bonds. The van der Waals surface area contributed by atoms with Crippen molar-refractivity contribution in [2.75, 3.05) is 10.5 Å². The van der Waals surface area contributed by atoms with Crippen LogP contribution in [0, 0.1) is 18.6 Å². The van der Waals surface area contributed by atoms with Crippen molar-refractivity contribution < 1.29 is 17.2 Å². The molecule has 0 radical (unpaired) electrons. The lowest BCUT2D eigenvalue weighted by atomic mass is 10.2. The second-order valence-corrected chi connectivity index (χ2v) is 5.99. The van der Waals surface area contributed by atoms with Gasteiger partial charge < -0.3 is 5.73 Å². The lowest BCUT2D eigenvalue weighted by Crippen LogP contribution is -2.14. The fourth-order valence-electron chi connectivity index (χ4n) is 1.66. The van der Waals surface area contributed by atoms with E-state index in [1.54, 1.807) is 6.92 Å². The summed E-state index contributed by atoms with van der Waals surface area (Å²) in [5, 5.41) is 0. The van der Waals surface area contributed by atoms with Crippen LogP contribution in [0.1, 0.15) is 5.56 Å². The van der Waals surface area contributed by atoms with Gasteiger partial charge in [0.15, 0.2) is 0 Å². The Morgan fingerprint density at radius 1 is 1.10 bits per heavy atom. The smallest absolute Gasteiger partial charge is 0.262 e. The Hall–Kier alpha value is -2.15. The van der Waals surface area contributed by atoms with E-state index in [9.17, 15) is 17.2 Å². The number of benzene rings is 2. The van der Waals surface area contributed by atoms with Crippen molar-refractivity contribution >= 4 is 21.4 Å². The van der Waals surface area contributed by atoms with Gasteiger partial charge in [-0.3, -0.25) is 4.72 Å². The maximum absolute atomic E-state index is 13.5. The van der Waals surface area contributed by atoms with Crippen molar-refractivity contribution in [3.05, 3.63) is 53.6 Å². The predicted octanol–water partition coefficient (Wildman–Crippen LogP) is 2.66. The van der Waals surface area contributed by atoms with Gasteiger partial charge in [0.05, 0.1) is 10.6 Å². The molecule has 0 unspecified atom stereocenters. The molecule has 0 atom stereocenters. The topological polar surface area (TPSA) is 72.2 Å². The SMILES string of the molecule is Cc1ccc(F)c(NS(=O)(=O)c2cc(N)cc(F)c2)c1. The molecule has 0 aliphatic rings. The molecule has 7 heteroatoms. The number of anilines is 2. The van der Waals surface area contributed by atoms with Gasteiger partial charge in [0.1, 0.15) is 11.6 Å².